The molecule has 0 aliphatic heterocycles. The highest BCUT2D eigenvalue weighted by Crippen LogP contribution is 2.05. The van der Waals surface area contributed by atoms with E-state index in [4.69, 9.17) is 6.42 Å². The Balaban J connectivity index is 2.78. The second-order valence-electron chi connectivity index (χ2n) is 2.57. The van der Waals surface area contributed by atoms with Crippen LogP contribution >= 0.6 is 0 Å². The number of carbonyl (C=O) groups is 1. The molecule has 1 aromatic carbocycles. The van der Waals surface area contributed by atoms with Gasteiger partial charge >= 0.3 is 0 Å². The first kappa shape index (κ1) is 9.28. The predicted octanol–water partition coefficient (Wildman–Crippen LogP) is 2.27. The van der Waals surface area contributed by atoms with Crippen LogP contribution in [0.5, 0.6) is 0 Å². The highest BCUT2D eigenvalue weighted by atomic mass is 16.1. The fraction of sp³-hybridized carbons (Fsp3) is 0.0833. The fourth-order valence-corrected chi connectivity index (χ4v) is 0.992. The van der Waals surface area contributed by atoms with Crippen LogP contribution in [-0.2, 0) is 4.79 Å². The standard InChI is InChI=1S/C12H10O/c1-2-11-7-5-8-12(10-11)6-3-4-9-13/h1,3,5-10H,4H2. The SMILES string of the molecule is C#Cc1cccc(C=CCC=O)c1. The molecular weight excluding hydrogens is 160 g/mol. The lowest BCUT2D eigenvalue weighted by atomic mass is 10.1. The third-order valence-corrected chi connectivity index (χ3v) is 1.60. The summed E-state index contributed by atoms with van der Waals surface area (Å²) in [5, 5.41) is 0. The maximum Gasteiger partial charge on any atom is 0.123 e. The van der Waals surface area contributed by atoms with Crippen LogP contribution in [0.15, 0.2) is 30.3 Å². The highest BCUT2D eigenvalue weighted by Gasteiger charge is 1.87. The molecule has 13 heavy (non-hydrogen) atoms. The van der Waals surface area contributed by atoms with E-state index in [1.54, 1.807) is 0 Å². The zero-order valence-corrected chi connectivity index (χ0v) is 7.23. The Morgan fingerprint density at radius 3 is 3.00 bits per heavy atom. The van der Waals surface area contributed by atoms with Crippen molar-refractivity contribution in [1.82, 2.24) is 0 Å². The minimum absolute atomic E-state index is 0.445. The summed E-state index contributed by atoms with van der Waals surface area (Å²) in [7, 11) is 0. The van der Waals surface area contributed by atoms with Gasteiger partial charge in [-0.3, -0.25) is 0 Å². The molecule has 0 saturated heterocycles. The molecule has 64 valence electrons. The second-order valence-corrected chi connectivity index (χ2v) is 2.57. The highest BCUT2D eigenvalue weighted by molar-refractivity contribution is 5.58. The molecule has 0 bridgehead atoms. The van der Waals surface area contributed by atoms with Gasteiger partial charge in [-0.25, -0.2) is 0 Å². The molecule has 0 saturated carbocycles. The van der Waals surface area contributed by atoms with Crippen molar-refractivity contribution in [3.63, 3.8) is 0 Å². The minimum atomic E-state index is 0.445. The number of benzene rings is 1. The number of terminal acetylenes is 1. The molecule has 0 amide bonds. The Morgan fingerprint density at radius 1 is 1.46 bits per heavy atom. The van der Waals surface area contributed by atoms with E-state index in [0.29, 0.717) is 6.42 Å². The van der Waals surface area contributed by atoms with Crippen molar-refractivity contribution in [1.29, 1.82) is 0 Å². The lowest BCUT2D eigenvalue weighted by Crippen LogP contribution is -1.76. The van der Waals surface area contributed by atoms with Crippen LogP contribution in [0.3, 0.4) is 0 Å². The number of hydrogen-bond donors (Lipinski definition) is 0. The van der Waals surface area contributed by atoms with Gasteiger partial charge in [-0.15, -0.1) is 6.42 Å². The van der Waals surface area contributed by atoms with E-state index < -0.39 is 0 Å². The summed E-state index contributed by atoms with van der Waals surface area (Å²) in [5.41, 5.74) is 1.88. The molecule has 0 aromatic heterocycles. The number of rotatable bonds is 3. The van der Waals surface area contributed by atoms with Gasteiger partial charge in [-0.1, -0.05) is 30.2 Å². The van der Waals surface area contributed by atoms with E-state index in [-0.39, 0.29) is 0 Å². The van der Waals surface area contributed by atoms with Gasteiger partial charge in [-0.2, -0.15) is 0 Å². The Morgan fingerprint density at radius 2 is 2.31 bits per heavy atom. The summed E-state index contributed by atoms with van der Waals surface area (Å²) in [6, 6.07) is 7.62. The zero-order chi connectivity index (χ0) is 9.52. The number of hydrogen-bond acceptors (Lipinski definition) is 1. The Bertz CT molecular complexity index is 356. The van der Waals surface area contributed by atoms with Crippen LogP contribution in [0.2, 0.25) is 0 Å². The third-order valence-electron chi connectivity index (χ3n) is 1.60. The van der Waals surface area contributed by atoms with Crippen molar-refractivity contribution < 1.29 is 4.79 Å². The lowest BCUT2D eigenvalue weighted by molar-refractivity contribution is -0.107. The Hall–Kier alpha value is -1.81. The summed E-state index contributed by atoms with van der Waals surface area (Å²) in [6.45, 7) is 0. The van der Waals surface area contributed by atoms with Crippen molar-refractivity contribution in [2.75, 3.05) is 0 Å². The zero-order valence-electron chi connectivity index (χ0n) is 7.23. The van der Waals surface area contributed by atoms with Gasteiger partial charge in [-0.05, 0) is 17.7 Å². The molecule has 0 fully saturated rings. The van der Waals surface area contributed by atoms with Crippen molar-refractivity contribution in [2.45, 2.75) is 6.42 Å². The molecule has 0 heterocycles. The minimum Gasteiger partial charge on any atom is -0.303 e. The Kier molecular flexibility index (Phi) is 3.53. The van der Waals surface area contributed by atoms with Crippen LogP contribution in [0.4, 0.5) is 0 Å². The predicted molar refractivity (Wildman–Crippen MR) is 54.1 cm³/mol. The smallest absolute Gasteiger partial charge is 0.123 e. The van der Waals surface area contributed by atoms with Crippen LogP contribution in [0.1, 0.15) is 17.5 Å². The number of aldehydes is 1. The average molecular weight is 170 g/mol. The molecule has 1 aromatic rings. The maximum atomic E-state index is 10.0. The van der Waals surface area contributed by atoms with Crippen molar-refractivity contribution >= 4 is 12.4 Å². The summed E-state index contributed by atoms with van der Waals surface area (Å²) >= 11 is 0. The van der Waals surface area contributed by atoms with Gasteiger partial charge in [0, 0.05) is 12.0 Å². The van der Waals surface area contributed by atoms with Crippen LogP contribution in [-0.4, -0.2) is 6.29 Å². The molecular formula is C12H10O. The van der Waals surface area contributed by atoms with E-state index >= 15 is 0 Å². The van der Waals surface area contributed by atoms with Gasteiger partial charge in [0.05, 0.1) is 0 Å². The van der Waals surface area contributed by atoms with E-state index in [1.165, 1.54) is 0 Å². The van der Waals surface area contributed by atoms with Crippen LogP contribution in [0.25, 0.3) is 6.08 Å². The quantitative estimate of drug-likeness (QED) is 0.502. The lowest BCUT2D eigenvalue weighted by Gasteiger charge is -1.93. The molecule has 0 atom stereocenters. The average Bonchev–Trinajstić information content (AvgIpc) is 2.19. The molecule has 0 spiro atoms. The van der Waals surface area contributed by atoms with Crippen LogP contribution < -0.4 is 0 Å². The Labute approximate surface area is 78.1 Å². The van der Waals surface area contributed by atoms with Crippen LogP contribution in [0, 0.1) is 12.3 Å². The molecule has 1 heteroatoms. The molecule has 0 aliphatic carbocycles. The monoisotopic (exact) mass is 170 g/mol. The van der Waals surface area contributed by atoms with E-state index in [0.717, 1.165) is 17.4 Å². The normalized spacial score (nSPS) is 9.77. The van der Waals surface area contributed by atoms with Gasteiger partial charge in [0.25, 0.3) is 0 Å². The number of allylic oxidation sites excluding steroid dienone is 1. The van der Waals surface area contributed by atoms with Gasteiger partial charge in [0.2, 0.25) is 0 Å². The maximum absolute atomic E-state index is 10.0. The molecule has 1 nitrogen and oxygen atoms in total. The fourth-order valence-electron chi connectivity index (χ4n) is 0.992. The van der Waals surface area contributed by atoms with Gasteiger partial charge in [0.15, 0.2) is 0 Å². The topological polar surface area (TPSA) is 17.1 Å². The molecule has 1 rings (SSSR count). The van der Waals surface area contributed by atoms with E-state index in [1.807, 2.05) is 36.4 Å². The van der Waals surface area contributed by atoms with Gasteiger partial charge < -0.3 is 4.79 Å². The largest absolute Gasteiger partial charge is 0.303 e. The van der Waals surface area contributed by atoms with Crippen molar-refractivity contribution in [3.05, 3.63) is 41.5 Å². The summed E-state index contributed by atoms with van der Waals surface area (Å²) in [6.07, 6.45) is 10.2. The third kappa shape index (κ3) is 2.96. The summed E-state index contributed by atoms with van der Waals surface area (Å²) < 4.78 is 0. The molecule has 0 unspecified atom stereocenters. The number of carbonyl (C=O) groups excluding carboxylic acids is 1. The molecule has 0 aliphatic rings. The first-order valence-electron chi connectivity index (χ1n) is 4.03. The van der Waals surface area contributed by atoms with Crippen molar-refractivity contribution in [3.8, 4) is 12.3 Å². The first-order chi connectivity index (χ1) is 6.36. The van der Waals surface area contributed by atoms with E-state index in [2.05, 4.69) is 5.92 Å². The molecule has 0 N–H and O–H groups in total. The summed E-state index contributed by atoms with van der Waals surface area (Å²) in [5.74, 6) is 2.55. The van der Waals surface area contributed by atoms with Crippen molar-refractivity contribution in [2.24, 2.45) is 0 Å². The van der Waals surface area contributed by atoms with E-state index in [9.17, 15) is 4.79 Å². The second kappa shape index (κ2) is 4.95. The summed E-state index contributed by atoms with van der Waals surface area (Å²) in [4.78, 5) is 10.0. The van der Waals surface area contributed by atoms with Gasteiger partial charge in [0.1, 0.15) is 6.29 Å². The molecule has 0 radical (unpaired) electrons. The first-order valence-corrected chi connectivity index (χ1v) is 4.03.